The zero-order valence-corrected chi connectivity index (χ0v) is 16.1. The number of hydrogen-bond donors (Lipinski definition) is 2. The maximum Gasteiger partial charge on any atom is 0.322 e. The van der Waals surface area contributed by atoms with Crippen LogP contribution in [0.3, 0.4) is 0 Å². The number of amides is 2. The number of rotatable bonds is 2. The van der Waals surface area contributed by atoms with Crippen molar-refractivity contribution in [3.05, 3.63) is 72.3 Å². The van der Waals surface area contributed by atoms with Gasteiger partial charge >= 0.3 is 6.03 Å². The van der Waals surface area contributed by atoms with Crippen LogP contribution in [-0.4, -0.2) is 39.0 Å². The molecule has 0 aliphatic carbocycles. The second kappa shape index (κ2) is 7.05. The number of carbonyl (C=O) groups excluding carboxylic acids is 1. The molecule has 2 amide bonds. The molecule has 0 saturated heterocycles. The Morgan fingerprint density at radius 1 is 1.14 bits per heavy atom. The minimum absolute atomic E-state index is 0.0822. The monoisotopic (exact) mass is 383 g/mol. The molecule has 2 aromatic heterocycles. The van der Waals surface area contributed by atoms with Gasteiger partial charge in [-0.3, -0.25) is 0 Å². The van der Waals surface area contributed by atoms with Crippen molar-refractivity contribution in [1.29, 1.82) is 0 Å². The van der Waals surface area contributed by atoms with Crippen LogP contribution in [0, 0.1) is 6.92 Å². The van der Waals surface area contributed by atoms with Gasteiger partial charge in [0.15, 0.2) is 0 Å². The predicted octanol–water partition coefficient (Wildman–Crippen LogP) is 4.74. The standard InChI is InChI=1S/C23H21N5O/c1-15-13-24-22-20(15)21(25-14-26-22)17-8-10-28(11-9-17)23(29)27-19-7-6-16-4-2-3-5-18(16)12-19/h2-8,12-14H,9-11H2,1H3,(H,27,29)(H,24,25,26). The number of aromatic nitrogens is 3. The molecule has 144 valence electrons. The van der Waals surface area contributed by atoms with Crippen LogP contribution in [0.25, 0.3) is 27.4 Å². The number of nitrogens with zero attached hydrogens (tertiary/aromatic N) is 3. The number of aromatic amines is 1. The summed E-state index contributed by atoms with van der Waals surface area (Å²) in [6.45, 7) is 3.27. The quantitative estimate of drug-likeness (QED) is 0.525. The Bertz CT molecular complexity index is 1260. The fourth-order valence-corrected chi connectivity index (χ4v) is 3.90. The van der Waals surface area contributed by atoms with Gasteiger partial charge in [0, 0.05) is 30.4 Å². The van der Waals surface area contributed by atoms with Gasteiger partial charge in [0.05, 0.1) is 5.69 Å². The Labute approximate surface area is 168 Å². The van der Waals surface area contributed by atoms with Gasteiger partial charge in [-0.2, -0.15) is 0 Å². The number of fused-ring (bicyclic) bond motifs is 2. The number of urea groups is 1. The number of nitrogens with one attached hydrogen (secondary N) is 2. The highest BCUT2D eigenvalue weighted by molar-refractivity contribution is 5.95. The molecule has 6 nitrogen and oxygen atoms in total. The predicted molar refractivity (Wildman–Crippen MR) is 116 cm³/mol. The fourth-order valence-electron chi connectivity index (χ4n) is 3.90. The molecule has 0 unspecified atom stereocenters. The van der Waals surface area contributed by atoms with Crippen LogP contribution >= 0.6 is 0 Å². The van der Waals surface area contributed by atoms with Gasteiger partial charge in [-0.1, -0.05) is 36.4 Å². The van der Waals surface area contributed by atoms with E-state index in [9.17, 15) is 4.79 Å². The lowest BCUT2D eigenvalue weighted by molar-refractivity contribution is 0.217. The summed E-state index contributed by atoms with van der Waals surface area (Å²) in [6.07, 6.45) is 6.41. The second-order valence-corrected chi connectivity index (χ2v) is 7.34. The number of carbonyl (C=O) groups is 1. The van der Waals surface area contributed by atoms with Crippen molar-refractivity contribution in [2.75, 3.05) is 18.4 Å². The van der Waals surface area contributed by atoms with E-state index in [0.29, 0.717) is 13.1 Å². The molecule has 0 saturated carbocycles. The van der Waals surface area contributed by atoms with Crippen LogP contribution in [0.2, 0.25) is 0 Å². The third-order valence-corrected chi connectivity index (χ3v) is 5.47. The van der Waals surface area contributed by atoms with Crippen LogP contribution in [0.1, 0.15) is 17.7 Å². The first-order valence-electron chi connectivity index (χ1n) is 9.72. The summed E-state index contributed by atoms with van der Waals surface area (Å²) in [6, 6.07) is 14.0. The van der Waals surface area contributed by atoms with Gasteiger partial charge in [0.25, 0.3) is 0 Å². The van der Waals surface area contributed by atoms with Crippen LogP contribution in [0.5, 0.6) is 0 Å². The summed E-state index contributed by atoms with van der Waals surface area (Å²) >= 11 is 0. The van der Waals surface area contributed by atoms with E-state index in [0.717, 1.165) is 50.7 Å². The molecule has 0 bridgehead atoms. The average molecular weight is 383 g/mol. The van der Waals surface area contributed by atoms with E-state index in [1.54, 1.807) is 6.33 Å². The van der Waals surface area contributed by atoms with Crippen LogP contribution in [-0.2, 0) is 0 Å². The van der Waals surface area contributed by atoms with Crippen molar-refractivity contribution in [1.82, 2.24) is 19.9 Å². The molecule has 29 heavy (non-hydrogen) atoms. The summed E-state index contributed by atoms with van der Waals surface area (Å²) in [5, 5.41) is 6.35. The lowest BCUT2D eigenvalue weighted by Gasteiger charge is -2.26. The summed E-state index contributed by atoms with van der Waals surface area (Å²) < 4.78 is 0. The van der Waals surface area contributed by atoms with Crippen molar-refractivity contribution in [3.8, 4) is 0 Å². The number of hydrogen-bond acceptors (Lipinski definition) is 3. The van der Waals surface area contributed by atoms with Crippen molar-refractivity contribution in [2.45, 2.75) is 13.3 Å². The smallest absolute Gasteiger partial charge is 0.322 e. The molecule has 2 aromatic carbocycles. The molecule has 1 aliphatic heterocycles. The highest BCUT2D eigenvalue weighted by Crippen LogP contribution is 2.28. The summed E-state index contributed by atoms with van der Waals surface area (Å²) in [7, 11) is 0. The van der Waals surface area contributed by atoms with Crippen molar-refractivity contribution in [2.24, 2.45) is 0 Å². The first-order valence-corrected chi connectivity index (χ1v) is 9.72. The van der Waals surface area contributed by atoms with E-state index in [1.807, 2.05) is 47.5 Å². The SMILES string of the molecule is Cc1c[nH]c2ncnc(C3=CCN(C(=O)Nc4ccc5ccccc5c4)CC3)c12. The van der Waals surface area contributed by atoms with E-state index in [1.165, 1.54) is 0 Å². The Morgan fingerprint density at radius 2 is 2.00 bits per heavy atom. The largest absolute Gasteiger partial charge is 0.346 e. The molecule has 2 N–H and O–H groups in total. The molecule has 1 aliphatic rings. The fraction of sp³-hybridized carbons (Fsp3) is 0.174. The first-order chi connectivity index (χ1) is 14.2. The Morgan fingerprint density at radius 3 is 2.83 bits per heavy atom. The van der Waals surface area contributed by atoms with E-state index in [-0.39, 0.29) is 6.03 Å². The summed E-state index contributed by atoms with van der Waals surface area (Å²) in [4.78, 5) is 26.5. The second-order valence-electron chi connectivity index (χ2n) is 7.34. The van der Waals surface area contributed by atoms with Crippen LogP contribution < -0.4 is 5.32 Å². The van der Waals surface area contributed by atoms with E-state index >= 15 is 0 Å². The molecule has 5 rings (SSSR count). The van der Waals surface area contributed by atoms with Gasteiger partial charge in [0.2, 0.25) is 0 Å². The van der Waals surface area contributed by atoms with Crippen LogP contribution in [0.4, 0.5) is 10.5 Å². The van der Waals surface area contributed by atoms with Crippen molar-refractivity contribution < 1.29 is 4.79 Å². The molecule has 0 radical (unpaired) electrons. The number of benzene rings is 2. The van der Waals surface area contributed by atoms with Gasteiger partial charge in [-0.25, -0.2) is 14.8 Å². The van der Waals surface area contributed by atoms with Crippen LogP contribution in [0.15, 0.2) is 61.1 Å². The average Bonchev–Trinajstić information content (AvgIpc) is 3.15. The normalized spacial score (nSPS) is 14.2. The summed E-state index contributed by atoms with van der Waals surface area (Å²) in [5.74, 6) is 0. The molecule has 3 heterocycles. The molecule has 0 atom stereocenters. The Hall–Kier alpha value is -3.67. The Kier molecular flexibility index (Phi) is 4.24. The topological polar surface area (TPSA) is 73.9 Å². The molecule has 0 spiro atoms. The van der Waals surface area contributed by atoms with E-state index in [4.69, 9.17) is 0 Å². The number of aryl methyl sites for hydroxylation is 1. The van der Waals surface area contributed by atoms with Gasteiger partial charge < -0.3 is 15.2 Å². The minimum Gasteiger partial charge on any atom is -0.346 e. The molecular formula is C23H21N5O. The molecule has 6 heteroatoms. The number of H-pyrrole nitrogens is 1. The zero-order valence-electron chi connectivity index (χ0n) is 16.1. The van der Waals surface area contributed by atoms with Gasteiger partial charge in [-0.05, 0) is 47.4 Å². The van der Waals surface area contributed by atoms with Crippen molar-refractivity contribution >= 4 is 39.1 Å². The maximum absolute atomic E-state index is 12.7. The lowest BCUT2D eigenvalue weighted by atomic mass is 10.0. The zero-order chi connectivity index (χ0) is 19.8. The molecular weight excluding hydrogens is 362 g/mol. The Balaban J connectivity index is 1.33. The van der Waals surface area contributed by atoms with E-state index < -0.39 is 0 Å². The maximum atomic E-state index is 12.7. The lowest BCUT2D eigenvalue weighted by Crippen LogP contribution is -2.37. The molecule has 4 aromatic rings. The summed E-state index contributed by atoms with van der Waals surface area (Å²) in [5.41, 5.74) is 4.92. The third kappa shape index (κ3) is 3.23. The molecule has 0 fully saturated rings. The van der Waals surface area contributed by atoms with Gasteiger partial charge in [-0.15, -0.1) is 0 Å². The highest BCUT2D eigenvalue weighted by Gasteiger charge is 2.20. The number of anilines is 1. The van der Waals surface area contributed by atoms with Gasteiger partial charge in [0.1, 0.15) is 12.0 Å². The third-order valence-electron chi connectivity index (χ3n) is 5.47. The highest BCUT2D eigenvalue weighted by atomic mass is 16.2. The first kappa shape index (κ1) is 17.4. The van der Waals surface area contributed by atoms with E-state index in [2.05, 4.69) is 39.3 Å². The van der Waals surface area contributed by atoms with Crippen molar-refractivity contribution in [3.63, 3.8) is 0 Å². The minimum atomic E-state index is -0.0822.